The molecule has 1 spiro atoms. The van der Waals surface area contributed by atoms with Crippen LogP contribution in [0.3, 0.4) is 0 Å². The summed E-state index contributed by atoms with van der Waals surface area (Å²) in [5, 5.41) is 0. The Morgan fingerprint density at radius 1 is 0.739 bits per heavy atom. The predicted molar refractivity (Wildman–Crippen MR) is 95.4 cm³/mol. The van der Waals surface area contributed by atoms with Crippen molar-refractivity contribution in [1.82, 2.24) is 4.90 Å². The third-order valence-corrected chi connectivity index (χ3v) is 4.75. The van der Waals surface area contributed by atoms with Crippen LogP contribution < -0.4 is 0 Å². The van der Waals surface area contributed by atoms with Gasteiger partial charge in [-0.25, -0.2) is 0 Å². The van der Waals surface area contributed by atoms with E-state index in [4.69, 9.17) is 9.98 Å². The van der Waals surface area contributed by atoms with Crippen molar-refractivity contribution in [3.8, 4) is 0 Å². The van der Waals surface area contributed by atoms with E-state index in [9.17, 15) is 0 Å². The van der Waals surface area contributed by atoms with Gasteiger partial charge in [0.1, 0.15) is 0 Å². The van der Waals surface area contributed by atoms with Crippen molar-refractivity contribution >= 4 is 11.4 Å². The number of aliphatic imine (C=N–C) groups is 2. The molecule has 1 saturated heterocycles. The van der Waals surface area contributed by atoms with Gasteiger partial charge in [-0.2, -0.15) is 0 Å². The Hall–Kier alpha value is -2.26. The van der Waals surface area contributed by atoms with Crippen LogP contribution in [0.25, 0.3) is 0 Å². The lowest BCUT2D eigenvalue weighted by atomic mass is 9.99. The van der Waals surface area contributed by atoms with Crippen LogP contribution in [0.5, 0.6) is 0 Å². The molecular weight excluding hydrogens is 282 g/mol. The molecule has 4 rings (SSSR count). The van der Waals surface area contributed by atoms with Crippen LogP contribution in [0.2, 0.25) is 0 Å². The Bertz CT molecular complexity index is 681. The molecule has 0 amide bonds. The summed E-state index contributed by atoms with van der Waals surface area (Å²) in [6.45, 7) is 2.11. The zero-order valence-corrected chi connectivity index (χ0v) is 13.4. The molecule has 2 aromatic rings. The first-order valence-corrected chi connectivity index (χ1v) is 8.25. The van der Waals surface area contributed by atoms with E-state index in [1.807, 2.05) is 12.1 Å². The molecule has 0 bridgehead atoms. The predicted octanol–water partition coefficient (Wildman–Crippen LogP) is 3.40. The fourth-order valence-corrected chi connectivity index (χ4v) is 3.34. The largest absolute Gasteiger partial charge is 0.306 e. The van der Waals surface area contributed by atoms with Gasteiger partial charge in [-0.15, -0.1) is 0 Å². The van der Waals surface area contributed by atoms with Crippen LogP contribution in [0, 0.1) is 0 Å². The van der Waals surface area contributed by atoms with Gasteiger partial charge < -0.3 is 4.90 Å². The van der Waals surface area contributed by atoms with Crippen LogP contribution in [0.15, 0.2) is 70.6 Å². The molecule has 2 aromatic carbocycles. The first-order chi connectivity index (χ1) is 11.3. The summed E-state index contributed by atoms with van der Waals surface area (Å²) in [4.78, 5) is 12.6. The van der Waals surface area contributed by atoms with Gasteiger partial charge in [0.2, 0.25) is 0 Å². The van der Waals surface area contributed by atoms with Crippen LogP contribution in [0.4, 0.5) is 0 Å². The number of hydrogen-bond acceptors (Lipinski definition) is 3. The van der Waals surface area contributed by atoms with Gasteiger partial charge in [0.15, 0.2) is 5.66 Å². The van der Waals surface area contributed by atoms with E-state index in [0.29, 0.717) is 0 Å². The highest BCUT2D eigenvalue weighted by Crippen LogP contribution is 2.34. The van der Waals surface area contributed by atoms with Crippen LogP contribution in [0.1, 0.15) is 24.0 Å². The third kappa shape index (κ3) is 2.73. The Labute approximate surface area is 137 Å². The van der Waals surface area contributed by atoms with Crippen LogP contribution >= 0.6 is 0 Å². The lowest BCUT2D eigenvalue weighted by molar-refractivity contribution is 0.200. The molecule has 2 aliphatic heterocycles. The minimum absolute atomic E-state index is 0.261. The quantitative estimate of drug-likeness (QED) is 0.835. The summed E-state index contributed by atoms with van der Waals surface area (Å²) in [7, 11) is 2.17. The minimum atomic E-state index is -0.261. The van der Waals surface area contributed by atoms with Gasteiger partial charge >= 0.3 is 0 Å². The van der Waals surface area contributed by atoms with E-state index in [1.165, 1.54) is 0 Å². The molecule has 2 heterocycles. The van der Waals surface area contributed by atoms with Gasteiger partial charge in [-0.1, -0.05) is 60.7 Å². The summed E-state index contributed by atoms with van der Waals surface area (Å²) < 4.78 is 0. The fraction of sp³-hybridized carbons (Fsp3) is 0.300. The highest BCUT2D eigenvalue weighted by Gasteiger charge is 2.39. The SMILES string of the molecule is CN1CCC2(CC1)N=C(c1ccccc1)C(c1ccccc1)=N2. The van der Waals surface area contributed by atoms with Crippen molar-refractivity contribution in [1.29, 1.82) is 0 Å². The molecule has 0 atom stereocenters. The first kappa shape index (κ1) is 14.3. The molecule has 0 radical (unpaired) electrons. The molecule has 3 heteroatoms. The van der Waals surface area contributed by atoms with Crippen molar-refractivity contribution in [2.75, 3.05) is 20.1 Å². The molecule has 2 aliphatic rings. The van der Waals surface area contributed by atoms with Crippen molar-refractivity contribution in [2.45, 2.75) is 18.5 Å². The number of likely N-dealkylation sites (tertiary alicyclic amines) is 1. The molecule has 23 heavy (non-hydrogen) atoms. The Kier molecular flexibility index (Phi) is 3.58. The van der Waals surface area contributed by atoms with Crippen molar-refractivity contribution in [3.63, 3.8) is 0 Å². The molecule has 1 fully saturated rings. The second-order valence-electron chi connectivity index (χ2n) is 6.44. The van der Waals surface area contributed by atoms with E-state index in [1.54, 1.807) is 0 Å². The lowest BCUT2D eigenvalue weighted by Crippen LogP contribution is -2.39. The Morgan fingerprint density at radius 2 is 1.17 bits per heavy atom. The number of piperidine rings is 1. The molecule has 0 N–H and O–H groups in total. The summed E-state index contributed by atoms with van der Waals surface area (Å²) in [5.74, 6) is 0. The number of benzene rings is 2. The maximum atomic E-state index is 5.13. The standard InChI is InChI=1S/C20H21N3/c1-23-14-12-20(13-15-23)21-18(16-8-4-2-5-9-16)19(22-20)17-10-6-3-7-11-17/h2-11H,12-15H2,1H3. The normalized spacial score (nSPS) is 20.4. The second-order valence-corrected chi connectivity index (χ2v) is 6.44. The van der Waals surface area contributed by atoms with Gasteiger partial charge in [-0.05, 0) is 7.05 Å². The average molecular weight is 303 g/mol. The first-order valence-electron chi connectivity index (χ1n) is 8.25. The third-order valence-electron chi connectivity index (χ3n) is 4.75. The fourth-order valence-electron chi connectivity index (χ4n) is 3.34. The van der Waals surface area contributed by atoms with E-state index >= 15 is 0 Å². The number of hydrogen-bond donors (Lipinski definition) is 0. The number of rotatable bonds is 2. The van der Waals surface area contributed by atoms with Crippen LogP contribution in [-0.4, -0.2) is 42.1 Å². The van der Waals surface area contributed by atoms with Crippen LogP contribution in [-0.2, 0) is 0 Å². The summed E-state index contributed by atoms with van der Waals surface area (Å²) in [6.07, 6.45) is 1.99. The minimum Gasteiger partial charge on any atom is -0.306 e. The van der Waals surface area contributed by atoms with Gasteiger partial charge in [0, 0.05) is 37.1 Å². The monoisotopic (exact) mass is 303 g/mol. The summed E-state index contributed by atoms with van der Waals surface area (Å²) >= 11 is 0. The highest BCUT2D eigenvalue weighted by molar-refractivity contribution is 6.54. The van der Waals surface area contributed by atoms with E-state index in [0.717, 1.165) is 48.5 Å². The smallest absolute Gasteiger partial charge is 0.154 e. The topological polar surface area (TPSA) is 28.0 Å². The molecule has 0 unspecified atom stereocenters. The van der Waals surface area contributed by atoms with Gasteiger partial charge in [0.25, 0.3) is 0 Å². The zero-order valence-electron chi connectivity index (χ0n) is 13.4. The van der Waals surface area contributed by atoms with E-state index in [-0.39, 0.29) is 5.66 Å². The molecule has 0 aliphatic carbocycles. The van der Waals surface area contributed by atoms with E-state index in [2.05, 4.69) is 60.5 Å². The average Bonchev–Trinajstić information content (AvgIpc) is 2.99. The summed E-state index contributed by atoms with van der Waals surface area (Å²) in [6, 6.07) is 20.9. The maximum absolute atomic E-state index is 5.13. The second kappa shape index (κ2) is 5.74. The summed E-state index contributed by atoms with van der Waals surface area (Å²) in [5.41, 5.74) is 4.14. The number of nitrogens with zero attached hydrogens (tertiary/aromatic N) is 3. The molecule has 3 nitrogen and oxygen atoms in total. The molecule has 0 aromatic heterocycles. The Balaban J connectivity index is 1.80. The Morgan fingerprint density at radius 3 is 1.61 bits per heavy atom. The lowest BCUT2D eigenvalue weighted by Gasteiger charge is -2.33. The van der Waals surface area contributed by atoms with Crippen molar-refractivity contribution in [2.24, 2.45) is 9.98 Å². The van der Waals surface area contributed by atoms with Gasteiger partial charge in [-0.3, -0.25) is 9.98 Å². The molecule has 0 saturated carbocycles. The highest BCUT2D eigenvalue weighted by atomic mass is 15.2. The van der Waals surface area contributed by atoms with Gasteiger partial charge in [0.05, 0.1) is 11.4 Å². The van der Waals surface area contributed by atoms with E-state index < -0.39 is 0 Å². The maximum Gasteiger partial charge on any atom is 0.154 e. The molecule has 116 valence electrons. The van der Waals surface area contributed by atoms with Crippen molar-refractivity contribution < 1.29 is 0 Å². The zero-order chi connectivity index (χ0) is 15.7. The van der Waals surface area contributed by atoms with Crippen molar-refractivity contribution in [3.05, 3.63) is 71.8 Å². The molecular formula is C20H21N3.